The van der Waals surface area contributed by atoms with Crippen LogP contribution in [0.5, 0.6) is 5.75 Å². The summed E-state index contributed by atoms with van der Waals surface area (Å²) in [4.78, 5) is 11.3. The number of hydrogen-bond donors (Lipinski definition) is 0. The maximum atomic E-state index is 11.3. The van der Waals surface area contributed by atoms with Crippen LogP contribution in [0.1, 0.15) is 56.1 Å². The third-order valence-electron chi connectivity index (χ3n) is 3.82. The highest BCUT2D eigenvalue weighted by atomic mass is 16.5. The van der Waals surface area contributed by atoms with Crippen molar-refractivity contribution in [2.24, 2.45) is 0 Å². The first-order valence-electron chi connectivity index (χ1n) is 6.87. The molecule has 0 N–H and O–H groups in total. The number of carbonyl (C=O) groups is 1. The van der Waals surface area contributed by atoms with Gasteiger partial charge in [0.05, 0.1) is 7.11 Å². The molecule has 0 bridgehead atoms. The van der Waals surface area contributed by atoms with Crippen LogP contribution in [0.2, 0.25) is 0 Å². The lowest BCUT2D eigenvalue weighted by atomic mass is 9.83. The van der Waals surface area contributed by atoms with E-state index in [-0.39, 0.29) is 5.78 Å². The van der Waals surface area contributed by atoms with E-state index in [2.05, 4.69) is 12.1 Å². The van der Waals surface area contributed by atoms with Crippen LogP contribution in [-0.4, -0.2) is 12.9 Å². The minimum Gasteiger partial charge on any atom is -0.496 e. The number of hydrogen-bond acceptors (Lipinski definition) is 2. The molecule has 2 rings (SSSR count). The quantitative estimate of drug-likeness (QED) is 0.806. The molecule has 1 fully saturated rings. The van der Waals surface area contributed by atoms with Crippen LogP contribution in [0.4, 0.5) is 0 Å². The molecule has 0 amide bonds. The highest BCUT2D eigenvalue weighted by Gasteiger charge is 2.17. The van der Waals surface area contributed by atoms with Crippen LogP contribution in [0.15, 0.2) is 18.2 Å². The Hall–Kier alpha value is -1.31. The highest BCUT2D eigenvalue weighted by Crippen LogP contribution is 2.34. The monoisotopic (exact) mass is 246 g/mol. The normalized spacial score (nSPS) is 16.6. The van der Waals surface area contributed by atoms with Gasteiger partial charge in [-0.15, -0.1) is 0 Å². The summed E-state index contributed by atoms with van der Waals surface area (Å²) in [7, 11) is 1.67. The standard InChI is InChI=1S/C16H22O2/c1-12(17)10-15-11-14(8-9-16(15)18-2)13-6-4-3-5-7-13/h8-9,11,13H,3-7,10H2,1-2H3. The average Bonchev–Trinajstić information content (AvgIpc) is 2.39. The second-order valence-corrected chi connectivity index (χ2v) is 5.29. The number of ketones is 1. The Balaban J connectivity index is 2.23. The summed E-state index contributed by atoms with van der Waals surface area (Å²) < 4.78 is 5.34. The highest BCUT2D eigenvalue weighted by molar-refractivity contribution is 5.79. The number of rotatable bonds is 4. The van der Waals surface area contributed by atoms with Gasteiger partial charge in [0, 0.05) is 12.0 Å². The molecule has 18 heavy (non-hydrogen) atoms. The minimum atomic E-state index is 0.189. The lowest BCUT2D eigenvalue weighted by Crippen LogP contribution is -2.06. The van der Waals surface area contributed by atoms with Gasteiger partial charge in [-0.1, -0.05) is 31.4 Å². The SMILES string of the molecule is COc1ccc(C2CCCCC2)cc1CC(C)=O. The summed E-state index contributed by atoms with van der Waals surface area (Å²) in [6, 6.07) is 6.36. The molecule has 0 heterocycles. The van der Waals surface area contributed by atoms with E-state index in [9.17, 15) is 4.79 Å². The zero-order chi connectivity index (χ0) is 13.0. The zero-order valence-corrected chi connectivity index (χ0v) is 11.4. The molecule has 98 valence electrons. The summed E-state index contributed by atoms with van der Waals surface area (Å²) in [5.74, 6) is 1.70. The minimum absolute atomic E-state index is 0.189. The van der Waals surface area contributed by atoms with Crippen molar-refractivity contribution in [2.75, 3.05) is 7.11 Å². The van der Waals surface area contributed by atoms with Crippen LogP contribution in [-0.2, 0) is 11.2 Å². The average molecular weight is 246 g/mol. The molecule has 0 unspecified atom stereocenters. The fraction of sp³-hybridized carbons (Fsp3) is 0.562. The fourth-order valence-electron chi connectivity index (χ4n) is 2.89. The van der Waals surface area contributed by atoms with Crippen molar-refractivity contribution in [3.63, 3.8) is 0 Å². The van der Waals surface area contributed by atoms with Crippen molar-refractivity contribution in [1.29, 1.82) is 0 Å². The van der Waals surface area contributed by atoms with Gasteiger partial charge in [0.25, 0.3) is 0 Å². The molecule has 0 radical (unpaired) electrons. The first-order valence-corrected chi connectivity index (χ1v) is 6.87. The molecule has 0 saturated heterocycles. The first kappa shape index (κ1) is 13.1. The molecule has 2 nitrogen and oxygen atoms in total. The predicted octanol–water partition coefficient (Wildman–Crippen LogP) is 3.87. The van der Waals surface area contributed by atoms with Gasteiger partial charge in [0.1, 0.15) is 11.5 Å². The molecule has 1 aromatic rings. The molecule has 1 aliphatic carbocycles. The maximum absolute atomic E-state index is 11.3. The Kier molecular flexibility index (Phi) is 4.40. The van der Waals surface area contributed by atoms with Crippen molar-refractivity contribution >= 4 is 5.78 Å². The van der Waals surface area contributed by atoms with E-state index in [4.69, 9.17) is 4.74 Å². The van der Waals surface area contributed by atoms with E-state index in [1.807, 2.05) is 6.07 Å². The third-order valence-corrected chi connectivity index (χ3v) is 3.82. The second kappa shape index (κ2) is 6.03. The summed E-state index contributed by atoms with van der Waals surface area (Å²) in [6.45, 7) is 1.63. The molecule has 1 saturated carbocycles. The number of Topliss-reactive ketones (excluding diaryl/α,β-unsaturated/α-hetero) is 1. The summed E-state index contributed by atoms with van der Waals surface area (Å²) in [5, 5.41) is 0. The Morgan fingerprint density at radius 2 is 2.00 bits per heavy atom. The molecule has 1 aromatic carbocycles. The topological polar surface area (TPSA) is 26.3 Å². The van der Waals surface area contributed by atoms with Crippen LogP contribution >= 0.6 is 0 Å². The molecular formula is C16H22O2. The number of ether oxygens (including phenoxy) is 1. The van der Waals surface area contributed by atoms with E-state index < -0.39 is 0 Å². The molecule has 0 spiro atoms. The van der Waals surface area contributed by atoms with Crippen LogP contribution in [0, 0.1) is 0 Å². The molecule has 0 aromatic heterocycles. The van der Waals surface area contributed by atoms with Gasteiger partial charge in [-0.25, -0.2) is 0 Å². The van der Waals surface area contributed by atoms with Crippen LogP contribution in [0.25, 0.3) is 0 Å². The molecular weight excluding hydrogens is 224 g/mol. The largest absolute Gasteiger partial charge is 0.496 e. The molecule has 0 atom stereocenters. The lowest BCUT2D eigenvalue weighted by Gasteiger charge is -2.23. The smallest absolute Gasteiger partial charge is 0.134 e. The Labute approximate surface area is 109 Å². The number of benzene rings is 1. The van der Waals surface area contributed by atoms with E-state index >= 15 is 0 Å². The van der Waals surface area contributed by atoms with Crippen molar-refractivity contribution in [1.82, 2.24) is 0 Å². The van der Waals surface area contributed by atoms with Crippen LogP contribution < -0.4 is 4.74 Å². The summed E-state index contributed by atoms with van der Waals surface area (Å²) in [5.41, 5.74) is 2.42. The van der Waals surface area contributed by atoms with E-state index in [0.717, 1.165) is 11.3 Å². The van der Waals surface area contributed by atoms with Gasteiger partial charge in [0.15, 0.2) is 0 Å². The van der Waals surface area contributed by atoms with Crippen LogP contribution in [0.3, 0.4) is 0 Å². The van der Waals surface area contributed by atoms with Gasteiger partial charge >= 0.3 is 0 Å². The lowest BCUT2D eigenvalue weighted by molar-refractivity contribution is -0.116. The fourth-order valence-corrected chi connectivity index (χ4v) is 2.89. The molecule has 0 aliphatic heterocycles. The van der Waals surface area contributed by atoms with Gasteiger partial charge in [-0.3, -0.25) is 4.79 Å². The first-order chi connectivity index (χ1) is 8.70. The summed E-state index contributed by atoms with van der Waals surface area (Å²) in [6.07, 6.45) is 7.08. The Bertz CT molecular complexity index is 417. The van der Waals surface area contributed by atoms with Crippen molar-refractivity contribution < 1.29 is 9.53 Å². The summed E-state index contributed by atoms with van der Waals surface area (Å²) >= 11 is 0. The van der Waals surface area contributed by atoms with Crippen molar-refractivity contribution in [3.05, 3.63) is 29.3 Å². The molecule has 1 aliphatic rings. The van der Waals surface area contributed by atoms with Gasteiger partial charge in [0.2, 0.25) is 0 Å². The van der Waals surface area contributed by atoms with E-state index in [1.54, 1.807) is 14.0 Å². The number of carbonyl (C=O) groups excluding carboxylic acids is 1. The van der Waals surface area contributed by atoms with E-state index in [0.29, 0.717) is 12.3 Å². The third kappa shape index (κ3) is 3.12. The second-order valence-electron chi connectivity index (χ2n) is 5.29. The van der Waals surface area contributed by atoms with Crippen molar-refractivity contribution in [2.45, 2.75) is 51.4 Å². The van der Waals surface area contributed by atoms with Gasteiger partial charge in [-0.05, 0) is 37.3 Å². The van der Waals surface area contributed by atoms with E-state index in [1.165, 1.54) is 37.7 Å². The predicted molar refractivity (Wildman–Crippen MR) is 73.2 cm³/mol. The number of methoxy groups -OCH3 is 1. The Morgan fingerprint density at radius 1 is 1.28 bits per heavy atom. The zero-order valence-electron chi connectivity index (χ0n) is 11.4. The van der Waals surface area contributed by atoms with Gasteiger partial charge in [-0.2, -0.15) is 0 Å². The van der Waals surface area contributed by atoms with Crippen molar-refractivity contribution in [3.8, 4) is 5.75 Å². The Morgan fingerprint density at radius 3 is 2.61 bits per heavy atom. The van der Waals surface area contributed by atoms with Gasteiger partial charge < -0.3 is 4.74 Å². The maximum Gasteiger partial charge on any atom is 0.134 e. The molecule has 2 heteroatoms.